The Morgan fingerprint density at radius 3 is 3.13 bits per heavy atom. The maximum absolute atomic E-state index is 11.4. The quantitative estimate of drug-likeness (QED) is 0.598. The van der Waals surface area contributed by atoms with Gasteiger partial charge in [-0.3, -0.25) is 9.89 Å². The first-order chi connectivity index (χ1) is 7.24. The number of nitrogens with two attached hydrogens (primary N) is 1. The number of aromatic amines is 1. The van der Waals surface area contributed by atoms with Crippen molar-refractivity contribution < 1.29 is 4.79 Å². The second-order valence-electron chi connectivity index (χ2n) is 3.73. The van der Waals surface area contributed by atoms with E-state index < -0.39 is 0 Å². The van der Waals surface area contributed by atoms with Crippen LogP contribution in [0.2, 0.25) is 0 Å². The molecule has 1 aromatic rings. The van der Waals surface area contributed by atoms with Gasteiger partial charge in [0.05, 0.1) is 11.8 Å². The maximum Gasteiger partial charge on any atom is 0.254 e. The molecule has 0 aliphatic rings. The average molecular weight is 210 g/mol. The number of rotatable bonds is 6. The van der Waals surface area contributed by atoms with Crippen molar-refractivity contribution in [2.24, 2.45) is 11.7 Å². The molecule has 0 spiro atoms. The van der Waals surface area contributed by atoms with Gasteiger partial charge in [-0.2, -0.15) is 5.10 Å². The van der Waals surface area contributed by atoms with E-state index in [0.29, 0.717) is 24.6 Å². The molecule has 0 bridgehead atoms. The Hall–Kier alpha value is -1.36. The maximum atomic E-state index is 11.4. The first kappa shape index (κ1) is 11.7. The van der Waals surface area contributed by atoms with Gasteiger partial charge in [0.15, 0.2) is 0 Å². The lowest BCUT2D eigenvalue weighted by atomic mass is 10.1. The summed E-state index contributed by atoms with van der Waals surface area (Å²) in [4.78, 5) is 11.4. The molecule has 1 amide bonds. The summed E-state index contributed by atoms with van der Waals surface area (Å²) in [7, 11) is 0. The van der Waals surface area contributed by atoms with Crippen molar-refractivity contribution in [2.45, 2.75) is 19.8 Å². The molecule has 5 nitrogen and oxygen atoms in total. The van der Waals surface area contributed by atoms with Crippen LogP contribution >= 0.6 is 0 Å². The standard InChI is InChI=1S/C10H18N4O/c1-8(5-11)3-2-4-12-10(15)9-6-13-14-7-9/h6-8H,2-5,11H2,1H3,(H,12,15)(H,13,14). The largest absolute Gasteiger partial charge is 0.352 e. The number of hydrogen-bond acceptors (Lipinski definition) is 3. The Kier molecular flexibility index (Phi) is 4.83. The molecule has 15 heavy (non-hydrogen) atoms. The van der Waals surface area contributed by atoms with Crippen molar-refractivity contribution in [2.75, 3.05) is 13.1 Å². The smallest absolute Gasteiger partial charge is 0.254 e. The zero-order valence-electron chi connectivity index (χ0n) is 8.99. The van der Waals surface area contributed by atoms with E-state index in [0.717, 1.165) is 12.8 Å². The van der Waals surface area contributed by atoms with E-state index in [-0.39, 0.29) is 5.91 Å². The van der Waals surface area contributed by atoms with Crippen LogP contribution in [0.1, 0.15) is 30.1 Å². The molecule has 1 unspecified atom stereocenters. The predicted molar refractivity (Wildman–Crippen MR) is 58.4 cm³/mol. The van der Waals surface area contributed by atoms with Crippen LogP contribution in [0, 0.1) is 5.92 Å². The molecule has 1 rings (SSSR count). The summed E-state index contributed by atoms with van der Waals surface area (Å²) in [6, 6.07) is 0. The van der Waals surface area contributed by atoms with Crippen LogP contribution in [0.4, 0.5) is 0 Å². The molecule has 4 N–H and O–H groups in total. The van der Waals surface area contributed by atoms with Crippen molar-refractivity contribution in [3.63, 3.8) is 0 Å². The minimum Gasteiger partial charge on any atom is -0.352 e. The number of nitrogens with zero attached hydrogens (tertiary/aromatic N) is 1. The summed E-state index contributed by atoms with van der Waals surface area (Å²) in [6.07, 6.45) is 5.10. The third kappa shape index (κ3) is 4.12. The van der Waals surface area contributed by atoms with Crippen LogP contribution in [-0.4, -0.2) is 29.2 Å². The zero-order chi connectivity index (χ0) is 11.1. The second-order valence-corrected chi connectivity index (χ2v) is 3.73. The van der Waals surface area contributed by atoms with Gasteiger partial charge in [-0.1, -0.05) is 6.92 Å². The summed E-state index contributed by atoms with van der Waals surface area (Å²) < 4.78 is 0. The number of amides is 1. The van der Waals surface area contributed by atoms with Gasteiger partial charge in [0.2, 0.25) is 0 Å². The highest BCUT2D eigenvalue weighted by Gasteiger charge is 2.05. The van der Waals surface area contributed by atoms with Gasteiger partial charge >= 0.3 is 0 Å². The second kappa shape index (κ2) is 6.19. The molecule has 1 aromatic heterocycles. The van der Waals surface area contributed by atoms with Crippen molar-refractivity contribution in [1.29, 1.82) is 0 Å². The van der Waals surface area contributed by atoms with Gasteiger partial charge in [0.1, 0.15) is 0 Å². The molecule has 1 atom stereocenters. The molecule has 5 heteroatoms. The lowest BCUT2D eigenvalue weighted by molar-refractivity contribution is 0.0952. The summed E-state index contributed by atoms with van der Waals surface area (Å²) in [5, 5.41) is 9.14. The highest BCUT2D eigenvalue weighted by atomic mass is 16.1. The molecule has 0 radical (unpaired) electrons. The summed E-state index contributed by atoms with van der Waals surface area (Å²) in [5.74, 6) is 0.444. The highest BCUT2D eigenvalue weighted by molar-refractivity contribution is 5.93. The number of nitrogens with one attached hydrogen (secondary N) is 2. The Labute approximate surface area is 89.4 Å². The first-order valence-corrected chi connectivity index (χ1v) is 5.21. The van der Waals surface area contributed by atoms with Crippen molar-refractivity contribution in [3.8, 4) is 0 Å². The SMILES string of the molecule is CC(CN)CCCNC(=O)c1cn[nH]c1. The molecular weight excluding hydrogens is 192 g/mol. The normalized spacial score (nSPS) is 12.4. The predicted octanol–water partition coefficient (Wildman–Crippen LogP) is 0.515. The molecule has 0 saturated heterocycles. The zero-order valence-corrected chi connectivity index (χ0v) is 8.99. The molecule has 0 aliphatic heterocycles. The summed E-state index contributed by atoms with van der Waals surface area (Å²) in [6.45, 7) is 3.50. The Morgan fingerprint density at radius 1 is 1.73 bits per heavy atom. The fourth-order valence-electron chi connectivity index (χ4n) is 1.25. The lowest BCUT2D eigenvalue weighted by Crippen LogP contribution is -2.24. The van der Waals surface area contributed by atoms with Crippen molar-refractivity contribution in [3.05, 3.63) is 18.0 Å². The van der Waals surface area contributed by atoms with Gasteiger partial charge in [-0.15, -0.1) is 0 Å². The number of H-pyrrole nitrogens is 1. The van der Waals surface area contributed by atoms with E-state index in [2.05, 4.69) is 22.4 Å². The average Bonchev–Trinajstić information content (AvgIpc) is 2.77. The van der Waals surface area contributed by atoms with Crippen molar-refractivity contribution >= 4 is 5.91 Å². The molecule has 0 aliphatic carbocycles. The van der Waals surface area contributed by atoms with Gasteiger partial charge in [0.25, 0.3) is 5.91 Å². The molecular formula is C10H18N4O. The monoisotopic (exact) mass is 210 g/mol. The third-order valence-electron chi connectivity index (χ3n) is 2.32. The molecule has 0 fully saturated rings. The number of carbonyl (C=O) groups is 1. The molecule has 84 valence electrons. The van der Waals surface area contributed by atoms with Gasteiger partial charge < -0.3 is 11.1 Å². The van der Waals surface area contributed by atoms with Crippen LogP contribution in [0.5, 0.6) is 0 Å². The fourth-order valence-corrected chi connectivity index (χ4v) is 1.25. The van der Waals surface area contributed by atoms with Gasteiger partial charge in [-0.25, -0.2) is 0 Å². The van der Waals surface area contributed by atoms with Crippen molar-refractivity contribution in [1.82, 2.24) is 15.5 Å². The van der Waals surface area contributed by atoms with E-state index >= 15 is 0 Å². The van der Waals surface area contributed by atoms with E-state index in [1.165, 1.54) is 6.20 Å². The van der Waals surface area contributed by atoms with Crippen LogP contribution in [0.25, 0.3) is 0 Å². The van der Waals surface area contributed by atoms with E-state index in [1.807, 2.05) is 0 Å². The van der Waals surface area contributed by atoms with Crippen LogP contribution in [0.3, 0.4) is 0 Å². The van der Waals surface area contributed by atoms with Gasteiger partial charge in [0, 0.05) is 12.7 Å². The van der Waals surface area contributed by atoms with Crippen LogP contribution in [0.15, 0.2) is 12.4 Å². The highest BCUT2D eigenvalue weighted by Crippen LogP contribution is 2.02. The Balaban J connectivity index is 2.13. The lowest BCUT2D eigenvalue weighted by Gasteiger charge is -2.08. The Morgan fingerprint density at radius 2 is 2.53 bits per heavy atom. The minimum absolute atomic E-state index is 0.0795. The van der Waals surface area contributed by atoms with Gasteiger partial charge in [-0.05, 0) is 25.3 Å². The number of hydrogen-bond donors (Lipinski definition) is 3. The molecule has 0 saturated carbocycles. The van der Waals surface area contributed by atoms with Crippen LogP contribution < -0.4 is 11.1 Å². The summed E-state index contributed by atoms with van der Waals surface area (Å²) >= 11 is 0. The number of aromatic nitrogens is 2. The number of carbonyl (C=O) groups excluding carboxylic acids is 1. The molecule has 0 aromatic carbocycles. The van der Waals surface area contributed by atoms with E-state index in [4.69, 9.17) is 5.73 Å². The Bertz CT molecular complexity index is 284. The summed E-state index contributed by atoms with van der Waals surface area (Å²) in [5.41, 5.74) is 6.06. The first-order valence-electron chi connectivity index (χ1n) is 5.21. The molecule has 1 heterocycles. The van der Waals surface area contributed by atoms with Crippen LogP contribution in [-0.2, 0) is 0 Å². The fraction of sp³-hybridized carbons (Fsp3) is 0.600. The van der Waals surface area contributed by atoms with E-state index in [9.17, 15) is 4.79 Å². The minimum atomic E-state index is -0.0795. The van der Waals surface area contributed by atoms with E-state index in [1.54, 1.807) is 6.20 Å². The topological polar surface area (TPSA) is 83.8 Å². The third-order valence-corrected chi connectivity index (χ3v) is 2.32.